The monoisotopic (exact) mass is 279 g/mol. The molecular formula is C10H13N7O3. The Bertz CT molecular complexity index is 538. The Balaban J connectivity index is 5.36. The molecule has 0 aromatic heterocycles. The number of nitriles is 2. The number of methoxy groups -OCH3 is 1. The fourth-order valence-electron chi connectivity index (χ4n) is 1.03. The summed E-state index contributed by atoms with van der Waals surface area (Å²) in [5.41, 5.74) is 11.4. The number of primary amides is 1. The molecule has 0 radical (unpaired) electrons. The van der Waals surface area contributed by atoms with Gasteiger partial charge < -0.3 is 21.5 Å². The largest absolute Gasteiger partial charge is 0.467 e. The maximum atomic E-state index is 11.6. The third-order valence-corrected chi connectivity index (χ3v) is 1.99. The molecule has 6 N–H and O–H groups in total. The molecule has 0 bridgehead atoms. The third kappa shape index (κ3) is 4.93. The first kappa shape index (κ1) is 16.7. The SMILES string of the molecule is COC(=O)C(N/C(C#N)=C(\N)C#N)/C(C)=N\NC(N)=O. The van der Waals surface area contributed by atoms with Gasteiger partial charge in [-0.15, -0.1) is 0 Å². The fraction of sp³-hybridized carbons (Fsp3) is 0.300. The second kappa shape index (κ2) is 7.94. The van der Waals surface area contributed by atoms with Gasteiger partial charge in [-0.2, -0.15) is 15.6 Å². The van der Waals surface area contributed by atoms with Crippen molar-refractivity contribution < 1.29 is 14.3 Å². The van der Waals surface area contributed by atoms with Gasteiger partial charge in [-0.1, -0.05) is 0 Å². The molecular weight excluding hydrogens is 266 g/mol. The molecule has 0 spiro atoms. The Morgan fingerprint density at radius 2 is 1.90 bits per heavy atom. The molecule has 0 aromatic rings. The molecule has 20 heavy (non-hydrogen) atoms. The summed E-state index contributed by atoms with van der Waals surface area (Å²) >= 11 is 0. The maximum Gasteiger partial charge on any atom is 0.334 e. The average Bonchev–Trinajstić information content (AvgIpc) is 2.44. The van der Waals surface area contributed by atoms with Crippen molar-refractivity contribution in [3.8, 4) is 12.1 Å². The number of nitrogens with two attached hydrogens (primary N) is 2. The lowest BCUT2D eigenvalue weighted by molar-refractivity contribution is -0.141. The van der Waals surface area contributed by atoms with Crippen LogP contribution in [0.5, 0.6) is 0 Å². The van der Waals surface area contributed by atoms with Crippen LogP contribution in [0.3, 0.4) is 0 Å². The van der Waals surface area contributed by atoms with Crippen molar-refractivity contribution >= 4 is 17.7 Å². The van der Waals surface area contributed by atoms with Crippen LogP contribution in [-0.4, -0.2) is 30.9 Å². The highest BCUT2D eigenvalue weighted by Crippen LogP contribution is 2.00. The average molecular weight is 279 g/mol. The minimum atomic E-state index is -1.21. The van der Waals surface area contributed by atoms with Crippen molar-refractivity contribution in [1.29, 1.82) is 10.5 Å². The lowest BCUT2D eigenvalue weighted by Crippen LogP contribution is -2.44. The van der Waals surface area contributed by atoms with Gasteiger partial charge in [0.15, 0.2) is 6.04 Å². The summed E-state index contributed by atoms with van der Waals surface area (Å²) in [5.74, 6) is -0.795. The number of carbonyl (C=O) groups excluding carboxylic acids is 2. The number of hydrogen-bond donors (Lipinski definition) is 4. The van der Waals surface area contributed by atoms with Crippen LogP contribution in [-0.2, 0) is 9.53 Å². The summed E-state index contributed by atoms with van der Waals surface area (Å²) in [7, 11) is 1.12. The number of nitrogens with one attached hydrogen (secondary N) is 2. The summed E-state index contributed by atoms with van der Waals surface area (Å²) in [6, 6.07) is 1.04. The predicted molar refractivity (Wildman–Crippen MR) is 67.2 cm³/mol. The Morgan fingerprint density at radius 3 is 2.30 bits per heavy atom. The highest BCUT2D eigenvalue weighted by Gasteiger charge is 2.24. The van der Waals surface area contributed by atoms with E-state index in [9.17, 15) is 9.59 Å². The highest BCUT2D eigenvalue weighted by molar-refractivity contribution is 6.05. The van der Waals surface area contributed by atoms with Gasteiger partial charge in [-0.3, -0.25) is 0 Å². The van der Waals surface area contributed by atoms with E-state index in [-0.39, 0.29) is 11.4 Å². The Morgan fingerprint density at radius 1 is 1.30 bits per heavy atom. The smallest absolute Gasteiger partial charge is 0.334 e. The molecule has 0 fully saturated rings. The van der Waals surface area contributed by atoms with E-state index in [0.29, 0.717) is 0 Å². The number of nitrogens with zero attached hydrogens (tertiary/aromatic N) is 3. The Kier molecular flexibility index (Phi) is 6.64. The lowest BCUT2D eigenvalue weighted by Gasteiger charge is -2.16. The van der Waals surface area contributed by atoms with E-state index in [1.807, 2.05) is 5.43 Å². The summed E-state index contributed by atoms with van der Waals surface area (Å²) in [5, 5.41) is 23.4. The molecule has 0 saturated heterocycles. The zero-order valence-corrected chi connectivity index (χ0v) is 10.8. The van der Waals surface area contributed by atoms with Crippen molar-refractivity contribution in [1.82, 2.24) is 10.7 Å². The van der Waals surface area contributed by atoms with Crippen LogP contribution in [0.4, 0.5) is 4.79 Å². The molecule has 0 heterocycles. The molecule has 10 heteroatoms. The van der Waals surface area contributed by atoms with Crippen LogP contribution in [0, 0.1) is 22.7 Å². The van der Waals surface area contributed by atoms with E-state index in [1.165, 1.54) is 6.92 Å². The number of hydrazone groups is 1. The number of ether oxygens (including phenoxy) is 1. The van der Waals surface area contributed by atoms with E-state index in [4.69, 9.17) is 22.0 Å². The van der Waals surface area contributed by atoms with Crippen molar-refractivity contribution in [3.63, 3.8) is 0 Å². The van der Waals surface area contributed by atoms with E-state index >= 15 is 0 Å². The highest BCUT2D eigenvalue weighted by atomic mass is 16.5. The van der Waals surface area contributed by atoms with Gasteiger partial charge >= 0.3 is 12.0 Å². The van der Waals surface area contributed by atoms with Crippen LogP contribution in [0.1, 0.15) is 6.92 Å². The predicted octanol–water partition coefficient (Wildman–Crippen LogP) is -1.62. The first-order chi connectivity index (χ1) is 9.37. The summed E-state index contributed by atoms with van der Waals surface area (Å²) < 4.78 is 4.52. The van der Waals surface area contributed by atoms with Crippen LogP contribution < -0.4 is 22.2 Å². The van der Waals surface area contributed by atoms with Crippen molar-refractivity contribution in [2.45, 2.75) is 13.0 Å². The first-order valence-corrected chi connectivity index (χ1v) is 5.11. The summed E-state index contributed by atoms with van der Waals surface area (Å²) in [4.78, 5) is 22.1. The molecule has 1 unspecified atom stereocenters. The minimum absolute atomic E-state index is 0.0501. The molecule has 0 aliphatic carbocycles. The van der Waals surface area contributed by atoms with Crippen molar-refractivity contribution in [3.05, 3.63) is 11.4 Å². The molecule has 0 aliphatic heterocycles. The van der Waals surface area contributed by atoms with Crippen LogP contribution in [0.25, 0.3) is 0 Å². The second-order valence-electron chi connectivity index (χ2n) is 3.34. The van der Waals surface area contributed by atoms with Gasteiger partial charge in [0.25, 0.3) is 0 Å². The van der Waals surface area contributed by atoms with Crippen molar-refractivity contribution in [2.75, 3.05) is 7.11 Å². The molecule has 0 aliphatic rings. The van der Waals surface area contributed by atoms with Crippen LogP contribution >= 0.6 is 0 Å². The standard InChI is InChI=1S/C10H13N7O3/c1-5(16-17-10(14)19)8(9(18)20-2)15-7(4-12)6(13)3-11/h8,15H,13H2,1-2H3,(H3,14,17,19)/b7-6-,16-5-. The normalized spacial score (nSPS) is 13.1. The van der Waals surface area contributed by atoms with E-state index < -0.39 is 23.7 Å². The number of rotatable bonds is 5. The van der Waals surface area contributed by atoms with Gasteiger partial charge in [0.05, 0.1) is 12.8 Å². The van der Waals surface area contributed by atoms with Gasteiger partial charge in [0, 0.05) is 0 Å². The summed E-state index contributed by atoms with van der Waals surface area (Å²) in [6.07, 6.45) is 0. The topological polar surface area (TPSA) is 179 Å². The molecule has 2 amide bonds. The minimum Gasteiger partial charge on any atom is -0.467 e. The number of allylic oxidation sites excluding steroid dienone is 2. The van der Waals surface area contributed by atoms with E-state index in [2.05, 4.69) is 15.2 Å². The zero-order valence-electron chi connectivity index (χ0n) is 10.8. The molecule has 10 nitrogen and oxygen atoms in total. The quantitative estimate of drug-likeness (QED) is 0.202. The van der Waals surface area contributed by atoms with E-state index in [0.717, 1.165) is 7.11 Å². The summed E-state index contributed by atoms with van der Waals surface area (Å²) in [6.45, 7) is 1.38. The number of amides is 2. The van der Waals surface area contributed by atoms with Crippen molar-refractivity contribution in [2.24, 2.45) is 16.6 Å². The van der Waals surface area contributed by atoms with Gasteiger partial charge in [-0.05, 0) is 6.92 Å². The second-order valence-corrected chi connectivity index (χ2v) is 3.34. The van der Waals surface area contributed by atoms with Gasteiger partial charge in [0.2, 0.25) is 0 Å². The third-order valence-electron chi connectivity index (χ3n) is 1.99. The molecule has 0 saturated carbocycles. The first-order valence-electron chi connectivity index (χ1n) is 5.11. The van der Waals surface area contributed by atoms with Gasteiger partial charge in [0.1, 0.15) is 23.5 Å². The fourth-order valence-corrected chi connectivity index (χ4v) is 1.03. The molecule has 1 atom stereocenters. The van der Waals surface area contributed by atoms with Crippen LogP contribution in [0.15, 0.2) is 16.5 Å². The molecule has 0 aromatic carbocycles. The number of hydrogen-bond acceptors (Lipinski definition) is 8. The number of carbonyl (C=O) groups is 2. The van der Waals surface area contributed by atoms with Gasteiger partial charge in [-0.25, -0.2) is 15.0 Å². The lowest BCUT2D eigenvalue weighted by atomic mass is 10.2. The van der Waals surface area contributed by atoms with Crippen LogP contribution in [0.2, 0.25) is 0 Å². The Labute approximate surface area is 114 Å². The molecule has 106 valence electrons. The zero-order chi connectivity index (χ0) is 15.7. The number of urea groups is 1. The molecule has 0 rings (SSSR count). The number of esters is 1. The van der Waals surface area contributed by atoms with E-state index in [1.54, 1.807) is 12.1 Å². The Hall–Kier alpha value is -3.27. The maximum absolute atomic E-state index is 11.6.